The van der Waals surface area contributed by atoms with Crippen molar-refractivity contribution in [3.63, 3.8) is 0 Å². The molecule has 124 valence electrons. The average molecular weight is 327 g/mol. The van der Waals surface area contributed by atoms with Crippen molar-refractivity contribution in [3.05, 3.63) is 53.6 Å². The average Bonchev–Trinajstić information content (AvgIpc) is 2.54. The van der Waals surface area contributed by atoms with Crippen LogP contribution in [0.4, 0.5) is 11.4 Å². The van der Waals surface area contributed by atoms with Gasteiger partial charge in [-0.05, 0) is 42.5 Å². The van der Waals surface area contributed by atoms with E-state index in [9.17, 15) is 14.4 Å². The Hall–Kier alpha value is -3.35. The van der Waals surface area contributed by atoms with Gasteiger partial charge in [-0.15, -0.1) is 0 Å². The monoisotopic (exact) mass is 327 g/mol. The minimum absolute atomic E-state index is 0.270. The van der Waals surface area contributed by atoms with E-state index in [1.54, 1.807) is 24.3 Å². The van der Waals surface area contributed by atoms with Gasteiger partial charge in [-0.25, -0.2) is 0 Å². The molecule has 0 saturated heterocycles. The lowest BCUT2D eigenvalue weighted by molar-refractivity contribution is -0.114. The van der Waals surface area contributed by atoms with Crippen molar-refractivity contribution in [1.82, 2.24) is 0 Å². The van der Waals surface area contributed by atoms with E-state index in [4.69, 9.17) is 10.5 Å². The van der Waals surface area contributed by atoms with Crippen LogP contribution in [0.2, 0.25) is 0 Å². The summed E-state index contributed by atoms with van der Waals surface area (Å²) in [6.07, 6.45) is 0. The first-order chi connectivity index (χ1) is 11.4. The number of hydrogen-bond acceptors (Lipinski definition) is 4. The second-order valence-electron chi connectivity index (χ2n) is 4.99. The van der Waals surface area contributed by atoms with Crippen LogP contribution >= 0.6 is 0 Å². The summed E-state index contributed by atoms with van der Waals surface area (Å²) in [5.74, 6) is -0.723. The van der Waals surface area contributed by atoms with Crippen molar-refractivity contribution in [2.45, 2.75) is 6.92 Å². The van der Waals surface area contributed by atoms with E-state index in [2.05, 4.69) is 10.6 Å². The van der Waals surface area contributed by atoms with Gasteiger partial charge in [0.1, 0.15) is 5.75 Å². The van der Waals surface area contributed by atoms with Crippen LogP contribution < -0.4 is 21.1 Å². The molecular formula is C17H17N3O4. The number of carbonyl (C=O) groups is 3. The molecule has 0 aliphatic carbocycles. The smallest absolute Gasteiger partial charge is 0.255 e. The fourth-order valence-corrected chi connectivity index (χ4v) is 2.06. The third kappa shape index (κ3) is 4.10. The van der Waals surface area contributed by atoms with Crippen LogP contribution in [0.5, 0.6) is 5.75 Å². The van der Waals surface area contributed by atoms with Crippen molar-refractivity contribution in [2.75, 3.05) is 17.7 Å². The largest absolute Gasteiger partial charge is 0.495 e. The number of carbonyl (C=O) groups excluding carboxylic acids is 3. The second-order valence-corrected chi connectivity index (χ2v) is 4.99. The van der Waals surface area contributed by atoms with Crippen molar-refractivity contribution in [1.29, 1.82) is 0 Å². The van der Waals surface area contributed by atoms with Gasteiger partial charge in [-0.1, -0.05) is 0 Å². The molecule has 24 heavy (non-hydrogen) atoms. The Balaban J connectivity index is 2.19. The van der Waals surface area contributed by atoms with Gasteiger partial charge >= 0.3 is 0 Å². The summed E-state index contributed by atoms with van der Waals surface area (Å²) < 4.78 is 5.14. The van der Waals surface area contributed by atoms with Crippen LogP contribution in [0.3, 0.4) is 0 Å². The number of nitrogens with two attached hydrogens (primary N) is 1. The fourth-order valence-electron chi connectivity index (χ4n) is 2.06. The predicted molar refractivity (Wildman–Crippen MR) is 90.2 cm³/mol. The van der Waals surface area contributed by atoms with E-state index in [1.165, 1.54) is 32.2 Å². The molecule has 0 radical (unpaired) electrons. The van der Waals surface area contributed by atoms with E-state index >= 15 is 0 Å². The number of benzene rings is 2. The minimum atomic E-state index is -0.539. The Morgan fingerprint density at radius 2 is 1.58 bits per heavy atom. The van der Waals surface area contributed by atoms with Crippen LogP contribution in [0.1, 0.15) is 27.6 Å². The molecule has 2 aromatic rings. The molecule has 7 nitrogen and oxygen atoms in total. The summed E-state index contributed by atoms with van der Waals surface area (Å²) in [5.41, 5.74) is 6.79. The summed E-state index contributed by atoms with van der Waals surface area (Å²) in [6.45, 7) is 1.37. The topological polar surface area (TPSA) is 111 Å². The highest BCUT2D eigenvalue weighted by Crippen LogP contribution is 2.26. The first-order valence-corrected chi connectivity index (χ1v) is 7.07. The highest BCUT2D eigenvalue weighted by molar-refractivity contribution is 6.06. The Morgan fingerprint density at radius 1 is 0.958 bits per heavy atom. The number of anilines is 2. The zero-order valence-electron chi connectivity index (χ0n) is 13.3. The molecule has 0 saturated carbocycles. The molecular weight excluding hydrogens is 310 g/mol. The highest BCUT2D eigenvalue weighted by Gasteiger charge is 2.12. The highest BCUT2D eigenvalue weighted by atomic mass is 16.5. The third-order valence-electron chi connectivity index (χ3n) is 3.20. The number of rotatable bonds is 5. The van der Waals surface area contributed by atoms with E-state index < -0.39 is 5.91 Å². The summed E-state index contributed by atoms with van der Waals surface area (Å²) in [5, 5.41) is 5.31. The molecule has 0 spiro atoms. The van der Waals surface area contributed by atoms with Gasteiger partial charge in [0.25, 0.3) is 5.91 Å². The normalized spacial score (nSPS) is 9.92. The zero-order chi connectivity index (χ0) is 17.7. The Bertz CT molecular complexity index is 785. The van der Waals surface area contributed by atoms with Crippen LogP contribution in [-0.4, -0.2) is 24.8 Å². The Morgan fingerprint density at radius 3 is 2.12 bits per heavy atom. The molecule has 0 aromatic heterocycles. The van der Waals surface area contributed by atoms with Gasteiger partial charge in [0.15, 0.2) is 0 Å². The molecule has 0 aliphatic heterocycles. The number of nitrogens with one attached hydrogen (secondary N) is 2. The Labute approximate surface area is 138 Å². The number of amides is 3. The molecule has 2 rings (SSSR count). The fraction of sp³-hybridized carbons (Fsp3) is 0.118. The van der Waals surface area contributed by atoms with E-state index in [1.807, 2.05) is 0 Å². The maximum absolute atomic E-state index is 12.3. The summed E-state index contributed by atoms with van der Waals surface area (Å²) in [6, 6.07) is 10.9. The van der Waals surface area contributed by atoms with Crippen LogP contribution in [0, 0.1) is 0 Å². The lowest BCUT2D eigenvalue weighted by atomic mass is 10.1. The molecule has 0 fully saturated rings. The van der Waals surface area contributed by atoms with Gasteiger partial charge in [0.2, 0.25) is 11.8 Å². The van der Waals surface area contributed by atoms with Crippen molar-refractivity contribution in [3.8, 4) is 5.75 Å². The summed E-state index contributed by atoms with van der Waals surface area (Å²) in [7, 11) is 1.47. The second kappa shape index (κ2) is 7.28. The lowest BCUT2D eigenvalue weighted by Crippen LogP contribution is -2.14. The van der Waals surface area contributed by atoms with Crippen LogP contribution in [-0.2, 0) is 4.79 Å². The SMILES string of the molecule is COc1ccc(C(=O)Nc2ccc(C(N)=O)cc2)cc1NC(C)=O. The maximum atomic E-state index is 12.3. The first kappa shape index (κ1) is 17.0. The minimum Gasteiger partial charge on any atom is -0.495 e. The molecule has 0 heterocycles. The molecule has 2 aromatic carbocycles. The molecule has 0 aliphatic rings. The Kier molecular flexibility index (Phi) is 5.16. The number of primary amides is 1. The molecule has 7 heteroatoms. The third-order valence-corrected chi connectivity index (χ3v) is 3.20. The van der Waals surface area contributed by atoms with E-state index in [-0.39, 0.29) is 11.8 Å². The zero-order valence-corrected chi connectivity index (χ0v) is 13.3. The predicted octanol–water partition coefficient (Wildman–Crippen LogP) is 2.00. The van der Waals surface area contributed by atoms with Gasteiger partial charge in [0.05, 0.1) is 12.8 Å². The molecule has 4 N–H and O–H groups in total. The first-order valence-electron chi connectivity index (χ1n) is 7.07. The van der Waals surface area contributed by atoms with Crippen molar-refractivity contribution >= 4 is 29.1 Å². The maximum Gasteiger partial charge on any atom is 0.255 e. The number of ether oxygens (including phenoxy) is 1. The number of hydrogen-bond donors (Lipinski definition) is 3. The quantitative estimate of drug-likeness (QED) is 0.780. The van der Waals surface area contributed by atoms with Gasteiger partial charge in [-0.2, -0.15) is 0 Å². The van der Waals surface area contributed by atoms with E-state index in [0.717, 1.165) is 0 Å². The standard InChI is InChI=1S/C17H17N3O4/c1-10(21)19-14-9-12(5-8-15(14)24-2)17(23)20-13-6-3-11(4-7-13)16(18)22/h3-9H,1-2H3,(H2,18,22)(H,19,21)(H,20,23). The van der Waals surface area contributed by atoms with Crippen LogP contribution in [0.25, 0.3) is 0 Å². The van der Waals surface area contributed by atoms with Gasteiger partial charge in [-0.3, -0.25) is 14.4 Å². The summed E-state index contributed by atoms with van der Waals surface area (Å²) >= 11 is 0. The molecule has 0 atom stereocenters. The molecule has 3 amide bonds. The van der Waals surface area contributed by atoms with Gasteiger partial charge in [0, 0.05) is 23.7 Å². The van der Waals surface area contributed by atoms with Crippen LogP contribution in [0.15, 0.2) is 42.5 Å². The van der Waals surface area contributed by atoms with E-state index in [0.29, 0.717) is 28.3 Å². The van der Waals surface area contributed by atoms with Crippen molar-refractivity contribution in [2.24, 2.45) is 5.73 Å². The molecule has 0 bridgehead atoms. The number of methoxy groups -OCH3 is 1. The summed E-state index contributed by atoms with van der Waals surface area (Å²) in [4.78, 5) is 34.6. The van der Waals surface area contributed by atoms with Crippen molar-refractivity contribution < 1.29 is 19.1 Å². The van der Waals surface area contributed by atoms with Gasteiger partial charge < -0.3 is 21.1 Å². The molecule has 0 unspecified atom stereocenters. The lowest BCUT2D eigenvalue weighted by Gasteiger charge is -2.11.